The molecule has 4 heteroatoms. The average molecular weight is 233 g/mol. The molecule has 2 rings (SSSR count). The summed E-state index contributed by atoms with van der Waals surface area (Å²) in [4.78, 5) is 0. The topological polar surface area (TPSA) is 57.0 Å². The van der Waals surface area contributed by atoms with Crippen molar-refractivity contribution in [3.63, 3.8) is 0 Å². The number of hydrogen-bond acceptors (Lipinski definition) is 3. The van der Waals surface area contributed by atoms with Gasteiger partial charge in [-0.05, 0) is 18.6 Å². The smallest absolute Gasteiger partial charge is 0.154 e. The lowest BCUT2D eigenvalue weighted by molar-refractivity contribution is 0.526. The third-order valence-electron chi connectivity index (χ3n) is 2.94. The van der Waals surface area contributed by atoms with E-state index in [1.165, 1.54) is 0 Å². The highest BCUT2D eigenvalue weighted by molar-refractivity contribution is 5.64. The molecule has 0 aliphatic heterocycles. The molecule has 0 saturated heterocycles. The van der Waals surface area contributed by atoms with Gasteiger partial charge in [-0.2, -0.15) is 5.10 Å². The van der Waals surface area contributed by atoms with Gasteiger partial charge >= 0.3 is 0 Å². The zero-order valence-electron chi connectivity index (χ0n) is 10.7. The molecule has 0 aliphatic carbocycles. The number of aryl methyl sites for hydroxylation is 2. The second-order valence-electron chi connectivity index (χ2n) is 4.21. The first-order valence-electron chi connectivity index (χ1n) is 6.07. The van der Waals surface area contributed by atoms with Gasteiger partial charge in [-0.1, -0.05) is 20.3 Å². The molecule has 0 amide bonds. The molecule has 4 nitrogen and oxygen atoms in total. The Hall–Kier alpha value is -1.71. The van der Waals surface area contributed by atoms with E-state index < -0.39 is 0 Å². The maximum Gasteiger partial charge on any atom is 0.154 e. The van der Waals surface area contributed by atoms with E-state index in [1.54, 1.807) is 4.68 Å². The van der Waals surface area contributed by atoms with Gasteiger partial charge in [0.15, 0.2) is 5.76 Å². The van der Waals surface area contributed by atoms with Gasteiger partial charge in [-0.3, -0.25) is 4.68 Å². The number of nitrogen functional groups attached to an aromatic ring is 1. The molecule has 2 N–H and O–H groups in total. The molecule has 17 heavy (non-hydrogen) atoms. The van der Waals surface area contributed by atoms with E-state index in [9.17, 15) is 0 Å². The van der Waals surface area contributed by atoms with Crippen LogP contribution in [0.4, 0.5) is 5.82 Å². The van der Waals surface area contributed by atoms with Crippen LogP contribution in [0.5, 0.6) is 0 Å². The van der Waals surface area contributed by atoms with E-state index >= 15 is 0 Å². The van der Waals surface area contributed by atoms with E-state index in [1.807, 2.05) is 19.2 Å². The highest BCUT2D eigenvalue weighted by Gasteiger charge is 2.17. The number of aromatic nitrogens is 2. The van der Waals surface area contributed by atoms with E-state index in [4.69, 9.17) is 10.2 Å². The number of anilines is 1. The molecule has 0 spiro atoms. The maximum absolute atomic E-state index is 6.02. The molecule has 2 aromatic rings. The summed E-state index contributed by atoms with van der Waals surface area (Å²) < 4.78 is 7.46. The summed E-state index contributed by atoms with van der Waals surface area (Å²) in [7, 11) is 1.86. The third-order valence-corrected chi connectivity index (χ3v) is 2.94. The molecule has 2 aromatic heterocycles. The van der Waals surface area contributed by atoms with E-state index in [2.05, 4.69) is 18.9 Å². The van der Waals surface area contributed by atoms with Crippen molar-refractivity contribution in [2.45, 2.75) is 33.1 Å². The molecule has 0 atom stereocenters. The Morgan fingerprint density at radius 1 is 1.35 bits per heavy atom. The molecule has 0 aliphatic rings. The number of hydrogen-bond donors (Lipinski definition) is 1. The molecule has 0 fully saturated rings. The fraction of sp³-hybridized carbons (Fsp3) is 0.462. The van der Waals surface area contributed by atoms with Crippen LogP contribution in [0.3, 0.4) is 0 Å². The molecule has 0 saturated carbocycles. The van der Waals surface area contributed by atoms with Crippen LogP contribution < -0.4 is 5.73 Å². The van der Waals surface area contributed by atoms with Crippen LogP contribution >= 0.6 is 0 Å². The van der Waals surface area contributed by atoms with Gasteiger partial charge in [0.25, 0.3) is 0 Å². The van der Waals surface area contributed by atoms with Gasteiger partial charge in [0.05, 0.1) is 0 Å². The first kappa shape index (κ1) is 11.8. The lowest BCUT2D eigenvalue weighted by atomic mass is 10.1. The van der Waals surface area contributed by atoms with E-state index in [0.717, 1.165) is 47.9 Å². The van der Waals surface area contributed by atoms with Crippen molar-refractivity contribution in [3.8, 4) is 11.5 Å². The maximum atomic E-state index is 6.02. The van der Waals surface area contributed by atoms with Crippen LogP contribution in [-0.4, -0.2) is 9.78 Å². The Morgan fingerprint density at radius 3 is 2.71 bits per heavy atom. The first-order chi connectivity index (χ1) is 8.17. The minimum Gasteiger partial charge on any atom is -0.459 e. The Labute approximate surface area is 101 Å². The van der Waals surface area contributed by atoms with E-state index in [0.29, 0.717) is 0 Å². The standard InChI is InChI=1S/C13H19N3O/c1-4-6-10-12(15-16(3)13(10)14)11-8-7-9(5-2)17-11/h7-8H,4-6,14H2,1-3H3. The third kappa shape index (κ3) is 2.07. The summed E-state index contributed by atoms with van der Waals surface area (Å²) in [5, 5.41) is 4.44. The van der Waals surface area contributed by atoms with Crippen LogP contribution in [0, 0.1) is 0 Å². The monoisotopic (exact) mass is 233 g/mol. The Balaban J connectivity index is 2.46. The zero-order valence-corrected chi connectivity index (χ0v) is 10.7. The van der Waals surface area contributed by atoms with Crippen molar-refractivity contribution >= 4 is 5.82 Å². The second kappa shape index (κ2) is 4.65. The molecule has 2 heterocycles. The van der Waals surface area contributed by atoms with Gasteiger partial charge in [-0.15, -0.1) is 0 Å². The van der Waals surface area contributed by atoms with Crippen LogP contribution in [0.25, 0.3) is 11.5 Å². The van der Waals surface area contributed by atoms with Crippen molar-refractivity contribution < 1.29 is 4.42 Å². The van der Waals surface area contributed by atoms with Gasteiger partial charge in [-0.25, -0.2) is 0 Å². The van der Waals surface area contributed by atoms with Crippen molar-refractivity contribution in [1.29, 1.82) is 0 Å². The largest absolute Gasteiger partial charge is 0.459 e. The zero-order chi connectivity index (χ0) is 12.4. The minimum atomic E-state index is 0.733. The van der Waals surface area contributed by atoms with Crippen LogP contribution in [0.15, 0.2) is 16.5 Å². The molecule has 0 unspecified atom stereocenters. The number of furan rings is 1. The fourth-order valence-electron chi connectivity index (χ4n) is 1.97. The number of rotatable bonds is 4. The lowest BCUT2D eigenvalue weighted by Crippen LogP contribution is -1.99. The summed E-state index contributed by atoms with van der Waals surface area (Å²) in [6, 6.07) is 3.97. The average Bonchev–Trinajstić information content (AvgIpc) is 2.89. The Bertz CT molecular complexity index is 511. The Kier molecular flexibility index (Phi) is 3.22. The van der Waals surface area contributed by atoms with Crippen LogP contribution in [0.2, 0.25) is 0 Å². The fourth-order valence-corrected chi connectivity index (χ4v) is 1.97. The van der Waals surface area contributed by atoms with Crippen LogP contribution in [-0.2, 0) is 19.9 Å². The van der Waals surface area contributed by atoms with Gasteiger partial charge in [0.2, 0.25) is 0 Å². The number of nitrogens with zero attached hydrogens (tertiary/aromatic N) is 2. The normalized spacial score (nSPS) is 11.0. The molecule has 0 aromatic carbocycles. The van der Waals surface area contributed by atoms with Gasteiger partial charge < -0.3 is 10.2 Å². The summed E-state index contributed by atoms with van der Waals surface area (Å²) in [6.07, 6.45) is 2.87. The summed E-state index contributed by atoms with van der Waals surface area (Å²) in [5.74, 6) is 2.53. The molecule has 0 radical (unpaired) electrons. The van der Waals surface area contributed by atoms with Crippen molar-refractivity contribution in [2.75, 3.05) is 5.73 Å². The minimum absolute atomic E-state index is 0.733. The number of nitrogens with two attached hydrogens (primary N) is 1. The highest BCUT2D eigenvalue weighted by Crippen LogP contribution is 2.29. The summed E-state index contributed by atoms with van der Waals surface area (Å²) in [5.41, 5.74) is 8.00. The SMILES string of the molecule is CCCc1c(-c2ccc(CC)o2)nn(C)c1N. The van der Waals surface area contributed by atoms with Crippen LogP contribution in [0.1, 0.15) is 31.6 Å². The second-order valence-corrected chi connectivity index (χ2v) is 4.21. The van der Waals surface area contributed by atoms with Crippen molar-refractivity contribution in [3.05, 3.63) is 23.5 Å². The first-order valence-corrected chi connectivity index (χ1v) is 6.07. The highest BCUT2D eigenvalue weighted by atomic mass is 16.3. The predicted octanol–water partition coefficient (Wildman–Crippen LogP) is 2.78. The van der Waals surface area contributed by atoms with Crippen molar-refractivity contribution in [1.82, 2.24) is 9.78 Å². The summed E-state index contributed by atoms with van der Waals surface area (Å²) >= 11 is 0. The molecular formula is C13H19N3O. The van der Waals surface area contributed by atoms with Gasteiger partial charge in [0, 0.05) is 19.0 Å². The predicted molar refractivity (Wildman–Crippen MR) is 68.7 cm³/mol. The summed E-state index contributed by atoms with van der Waals surface area (Å²) in [6.45, 7) is 4.21. The quantitative estimate of drug-likeness (QED) is 0.883. The van der Waals surface area contributed by atoms with Gasteiger partial charge in [0.1, 0.15) is 17.3 Å². The molecule has 0 bridgehead atoms. The molecule has 92 valence electrons. The van der Waals surface area contributed by atoms with Crippen molar-refractivity contribution in [2.24, 2.45) is 7.05 Å². The van der Waals surface area contributed by atoms with E-state index in [-0.39, 0.29) is 0 Å². The Morgan fingerprint density at radius 2 is 2.12 bits per heavy atom. The lowest BCUT2D eigenvalue weighted by Gasteiger charge is -1.99. The molecular weight excluding hydrogens is 214 g/mol.